The summed E-state index contributed by atoms with van der Waals surface area (Å²) in [6.45, 7) is 5.62. The van der Waals surface area contributed by atoms with Gasteiger partial charge in [0.1, 0.15) is 0 Å². The Hall–Kier alpha value is -0.0800. The van der Waals surface area contributed by atoms with Crippen LogP contribution in [-0.4, -0.2) is 25.3 Å². The topological polar surface area (TPSA) is 21.3 Å². The average molecular weight is 241 g/mol. The van der Waals surface area contributed by atoms with Gasteiger partial charge in [-0.3, -0.25) is 0 Å². The molecule has 0 saturated heterocycles. The van der Waals surface area contributed by atoms with Crippen LogP contribution in [0, 0.1) is 0 Å². The van der Waals surface area contributed by atoms with Crippen LogP contribution in [0.5, 0.6) is 0 Å². The highest BCUT2D eigenvalue weighted by atomic mass is 16.5. The van der Waals surface area contributed by atoms with Crippen LogP contribution in [0.2, 0.25) is 0 Å². The minimum Gasteiger partial charge on any atom is -0.377 e. The number of ether oxygens (including phenoxy) is 1. The van der Waals surface area contributed by atoms with Crippen LogP contribution in [0.25, 0.3) is 0 Å². The molecule has 0 heterocycles. The van der Waals surface area contributed by atoms with Crippen LogP contribution in [0.4, 0.5) is 0 Å². The molecule has 1 N–H and O–H groups in total. The van der Waals surface area contributed by atoms with Gasteiger partial charge in [0, 0.05) is 19.7 Å². The molecule has 0 radical (unpaired) electrons. The molecule has 1 aliphatic rings. The maximum atomic E-state index is 5.62. The predicted molar refractivity (Wildman–Crippen MR) is 74.4 cm³/mol. The minimum atomic E-state index is 0.177. The molecule has 0 spiro atoms. The number of methoxy groups -OCH3 is 1. The summed E-state index contributed by atoms with van der Waals surface area (Å²) < 4.78 is 5.62. The first-order valence-electron chi connectivity index (χ1n) is 7.51. The van der Waals surface area contributed by atoms with Crippen LogP contribution in [0.15, 0.2) is 0 Å². The first-order chi connectivity index (χ1) is 8.22. The number of hydrogen-bond acceptors (Lipinski definition) is 2. The lowest BCUT2D eigenvalue weighted by Gasteiger charge is -2.41. The molecule has 1 aliphatic carbocycles. The quantitative estimate of drug-likeness (QED) is 0.586. The summed E-state index contributed by atoms with van der Waals surface area (Å²) in [5.41, 5.74) is 0.177. The smallest absolute Gasteiger partial charge is 0.0802 e. The zero-order valence-corrected chi connectivity index (χ0v) is 12.1. The van der Waals surface area contributed by atoms with E-state index < -0.39 is 0 Å². The van der Waals surface area contributed by atoms with E-state index in [4.69, 9.17) is 4.74 Å². The highest BCUT2D eigenvalue weighted by molar-refractivity contribution is 4.91. The lowest BCUT2D eigenvalue weighted by atomic mass is 9.80. The summed E-state index contributed by atoms with van der Waals surface area (Å²) in [5.74, 6) is 0. The summed E-state index contributed by atoms with van der Waals surface area (Å²) in [7, 11) is 1.86. The third kappa shape index (κ3) is 5.39. The van der Waals surface area contributed by atoms with E-state index in [2.05, 4.69) is 19.2 Å². The first kappa shape index (κ1) is 15.0. The molecular formula is C15H31NO. The molecule has 0 bridgehead atoms. The van der Waals surface area contributed by atoms with E-state index in [1.807, 2.05) is 7.11 Å². The number of rotatable bonds is 10. The van der Waals surface area contributed by atoms with Crippen molar-refractivity contribution in [3.63, 3.8) is 0 Å². The third-order valence-corrected chi connectivity index (χ3v) is 4.21. The Kier molecular flexibility index (Phi) is 7.14. The molecule has 0 aromatic rings. The van der Waals surface area contributed by atoms with Crippen molar-refractivity contribution in [2.24, 2.45) is 0 Å². The van der Waals surface area contributed by atoms with E-state index in [1.165, 1.54) is 57.8 Å². The molecule has 1 saturated carbocycles. The number of nitrogens with one attached hydrogen (secondary N) is 1. The second kappa shape index (κ2) is 8.10. The second-order valence-electron chi connectivity index (χ2n) is 5.73. The lowest BCUT2D eigenvalue weighted by molar-refractivity contribution is -0.0707. The fourth-order valence-electron chi connectivity index (χ4n) is 2.54. The third-order valence-electron chi connectivity index (χ3n) is 4.21. The summed E-state index contributed by atoms with van der Waals surface area (Å²) in [5, 5.41) is 3.64. The molecule has 1 unspecified atom stereocenters. The van der Waals surface area contributed by atoms with Gasteiger partial charge in [0.15, 0.2) is 0 Å². The maximum absolute atomic E-state index is 5.62. The molecule has 2 nitrogen and oxygen atoms in total. The van der Waals surface area contributed by atoms with Gasteiger partial charge < -0.3 is 10.1 Å². The molecule has 0 aromatic heterocycles. The SMILES string of the molecule is CCCCCCCC(C)NCC1(OC)CCC1. The standard InChI is InChI=1S/C15H31NO/c1-4-5-6-7-8-10-14(2)16-13-15(17-3)11-9-12-15/h14,16H,4-13H2,1-3H3. The summed E-state index contributed by atoms with van der Waals surface area (Å²) >= 11 is 0. The summed E-state index contributed by atoms with van der Waals surface area (Å²) in [6.07, 6.45) is 12.0. The lowest BCUT2D eigenvalue weighted by Crippen LogP contribution is -2.49. The van der Waals surface area contributed by atoms with Crippen molar-refractivity contribution in [3.8, 4) is 0 Å². The molecule has 2 heteroatoms. The monoisotopic (exact) mass is 241 g/mol. The fourth-order valence-corrected chi connectivity index (χ4v) is 2.54. The Morgan fingerprint density at radius 1 is 1.18 bits per heavy atom. The molecular weight excluding hydrogens is 210 g/mol. The Morgan fingerprint density at radius 2 is 1.88 bits per heavy atom. The van der Waals surface area contributed by atoms with Gasteiger partial charge in [0.2, 0.25) is 0 Å². The van der Waals surface area contributed by atoms with Gasteiger partial charge in [-0.25, -0.2) is 0 Å². The molecule has 0 aromatic carbocycles. The zero-order valence-electron chi connectivity index (χ0n) is 12.1. The van der Waals surface area contributed by atoms with Gasteiger partial charge in [-0.15, -0.1) is 0 Å². The van der Waals surface area contributed by atoms with E-state index in [-0.39, 0.29) is 5.60 Å². The van der Waals surface area contributed by atoms with Crippen molar-refractivity contribution in [3.05, 3.63) is 0 Å². The van der Waals surface area contributed by atoms with Crippen LogP contribution in [0.1, 0.15) is 71.6 Å². The van der Waals surface area contributed by atoms with Crippen molar-refractivity contribution in [2.75, 3.05) is 13.7 Å². The van der Waals surface area contributed by atoms with Gasteiger partial charge in [0.05, 0.1) is 5.60 Å². The molecule has 1 fully saturated rings. The molecule has 17 heavy (non-hydrogen) atoms. The van der Waals surface area contributed by atoms with E-state index >= 15 is 0 Å². The Morgan fingerprint density at radius 3 is 2.41 bits per heavy atom. The second-order valence-corrected chi connectivity index (χ2v) is 5.73. The highest BCUT2D eigenvalue weighted by Gasteiger charge is 2.36. The van der Waals surface area contributed by atoms with Gasteiger partial charge in [-0.05, 0) is 32.6 Å². The van der Waals surface area contributed by atoms with Crippen LogP contribution >= 0.6 is 0 Å². The fraction of sp³-hybridized carbons (Fsp3) is 1.00. The summed E-state index contributed by atoms with van der Waals surface area (Å²) in [4.78, 5) is 0. The van der Waals surface area contributed by atoms with Crippen molar-refractivity contribution < 1.29 is 4.74 Å². The van der Waals surface area contributed by atoms with E-state index in [0.29, 0.717) is 6.04 Å². The Balaban J connectivity index is 1.99. The van der Waals surface area contributed by atoms with E-state index in [0.717, 1.165) is 6.54 Å². The number of unbranched alkanes of at least 4 members (excludes halogenated alkanes) is 4. The molecule has 0 aliphatic heterocycles. The largest absolute Gasteiger partial charge is 0.377 e. The molecule has 1 atom stereocenters. The highest BCUT2D eigenvalue weighted by Crippen LogP contribution is 2.34. The van der Waals surface area contributed by atoms with Crippen molar-refractivity contribution >= 4 is 0 Å². The van der Waals surface area contributed by atoms with Crippen molar-refractivity contribution in [2.45, 2.75) is 83.3 Å². The number of hydrogen-bond donors (Lipinski definition) is 1. The van der Waals surface area contributed by atoms with Gasteiger partial charge in [0.25, 0.3) is 0 Å². The van der Waals surface area contributed by atoms with Crippen LogP contribution in [-0.2, 0) is 4.74 Å². The van der Waals surface area contributed by atoms with Crippen LogP contribution < -0.4 is 5.32 Å². The molecule has 0 amide bonds. The Labute approximate surface area is 108 Å². The molecule has 102 valence electrons. The van der Waals surface area contributed by atoms with Gasteiger partial charge >= 0.3 is 0 Å². The Bertz CT molecular complexity index is 184. The van der Waals surface area contributed by atoms with Gasteiger partial charge in [-0.1, -0.05) is 39.0 Å². The molecule has 1 rings (SSSR count). The zero-order chi connectivity index (χ0) is 12.6. The van der Waals surface area contributed by atoms with Crippen molar-refractivity contribution in [1.82, 2.24) is 5.32 Å². The van der Waals surface area contributed by atoms with E-state index in [9.17, 15) is 0 Å². The first-order valence-corrected chi connectivity index (χ1v) is 7.51. The maximum Gasteiger partial charge on any atom is 0.0802 e. The predicted octanol–water partition coefficient (Wildman–Crippen LogP) is 3.89. The van der Waals surface area contributed by atoms with Gasteiger partial charge in [-0.2, -0.15) is 0 Å². The van der Waals surface area contributed by atoms with Crippen molar-refractivity contribution in [1.29, 1.82) is 0 Å². The van der Waals surface area contributed by atoms with E-state index in [1.54, 1.807) is 0 Å². The minimum absolute atomic E-state index is 0.177. The average Bonchev–Trinajstić information content (AvgIpc) is 2.28. The normalized spacial score (nSPS) is 19.9. The van der Waals surface area contributed by atoms with Crippen LogP contribution in [0.3, 0.4) is 0 Å². The summed E-state index contributed by atoms with van der Waals surface area (Å²) in [6, 6.07) is 0.643.